The lowest BCUT2D eigenvalue weighted by Crippen LogP contribution is -2.44. The summed E-state index contributed by atoms with van der Waals surface area (Å²) in [6, 6.07) is 6.24. The van der Waals surface area contributed by atoms with Crippen LogP contribution < -0.4 is 10.0 Å². The Morgan fingerprint density at radius 3 is 2.22 bits per heavy atom. The minimum Gasteiger partial charge on any atom is -0.481 e. The number of esters is 1. The van der Waals surface area contributed by atoms with Gasteiger partial charge in [0.1, 0.15) is 5.60 Å². The fourth-order valence-corrected chi connectivity index (χ4v) is 4.07. The first-order valence-corrected chi connectivity index (χ1v) is 12.2. The van der Waals surface area contributed by atoms with Gasteiger partial charge in [-0.05, 0) is 51.3 Å². The van der Waals surface area contributed by atoms with E-state index in [1.807, 2.05) is 6.92 Å². The number of carboxylic acids is 1. The number of carbonyl (C=O) groups is 3. The Hall–Kier alpha value is -2.46. The molecule has 0 fully saturated rings. The number of carboxylic acid groups (broad SMARTS) is 1. The van der Waals surface area contributed by atoms with Gasteiger partial charge in [0.25, 0.3) is 5.91 Å². The molecule has 0 aliphatic carbocycles. The molecule has 1 aromatic carbocycles. The molecule has 9 nitrogen and oxygen atoms in total. The number of hydrogen-bond donors (Lipinski definition) is 3. The fourth-order valence-electron chi connectivity index (χ4n) is 2.73. The molecule has 0 saturated carbocycles. The molecular formula is C22H34N2O7S. The summed E-state index contributed by atoms with van der Waals surface area (Å²) in [6.07, 6.45) is 1.64. The van der Waals surface area contributed by atoms with Gasteiger partial charge in [-0.2, -0.15) is 0 Å². The molecule has 1 rings (SSSR count). The summed E-state index contributed by atoms with van der Waals surface area (Å²) in [4.78, 5) is 35.3. The summed E-state index contributed by atoms with van der Waals surface area (Å²) < 4.78 is 33.4. The van der Waals surface area contributed by atoms with Crippen LogP contribution in [0, 0.1) is 0 Å². The molecule has 0 bridgehead atoms. The maximum Gasteiger partial charge on any atom is 0.326 e. The van der Waals surface area contributed by atoms with Crippen molar-refractivity contribution in [2.75, 3.05) is 13.1 Å². The van der Waals surface area contributed by atoms with Crippen LogP contribution in [0.1, 0.15) is 69.3 Å². The molecular weight excluding hydrogens is 436 g/mol. The van der Waals surface area contributed by atoms with Crippen LogP contribution in [0.3, 0.4) is 0 Å². The van der Waals surface area contributed by atoms with Gasteiger partial charge in [0.05, 0.1) is 0 Å². The van der Waals surface area contributed by atoms with Gasteiger partial charge in [-0.25, -0.2) is 13.1 Å². The molecule has 0 unspecified atom stereocenters. The third kappa shape index (κ3) is 10.2. The number of sulfonamides is 1. The van der Waals surface area contributed by atoms with Crippen LogP contribution in [0.5, 0.6) is 0 Å². The quantitative estimate of drug-likeness (QED) is 0.297. The van der Waals surface area contributed by atoms with E-state index in [-0.39, 0.29) is 31.8 Å². The Labute approximate surface area is 190 Å². The first-order chi connectivity index (χ1) is 14.9. The third-order valence-electron chi connectivity index (χ3n) is 4.37. The molecule has 0 radical (unpaired) electrons. The highest BCUT2D eigenvalue weighted by molar-refractivity contribution is 7.90. The summed E-state index contributed by atoms with van der Waals surface area (Å²) >= 11 is 0. The Morgan fingerprint density at radius 1 is 1.06 bits per heavy atom. The van der Waals surface area contributed by atoms with Crippen molar-refractivity contribution in [1.82, 2.24) is 10.0 Å². The third-order valence-corrected chi connectivity index (χ3v) is 6.08. The average molecular weight is 471 g/mol. The summed E-state index contributed by atoms with van der Waals surface area (Å²) in [5, 5.41) is 9.83. The van der Waals surface area contributed by atoms with Crippen molar-refractivity contribution in [2.24, 2.45) is 0 Å². The second-order valence-corrected chi connectivity index (χ2v) is 10.4. The number of nitrogens with one attached hydrogen (secondary N) is 2. The molecule has 1 aromatic rings. The van der Waals surface area contributed by atoms with E-state index in [1.54, 1.807) is 32.9 Å². The lowest BCUT2D eigenvalue weighted by molar-refractivity contribution is -0.154. The Morgan fingerprint density at radius 2 is 1.69 bits per heavy atom. The maximum atomic E-state index is 12.8. The van der Waals surface area contributed by atoms with Crippen molar-refractivity contribution in [3.8, 4) is 0 Å². The summed E-state index contributed by atoms with van der Waals surface area (Å²) in [6.45, 7) is 7.41. The molecule has 0 saturated heterocycles. The number of aliphatic carboxylic acids is 1. The number of carbonyl (C=O) groups excluding carboxylic acids is 2. The number of benzene rings is 1. The number of ether oxygens (including phenoxy) is 1. The van der Waals surface area contributed by atoms with Crippen LogP contribution in [-0.4, -0.2) is 55.3 Å². The molecule has 3 N–H and O–H groups in total. The molecule has 0 aliphatic heterocycles. The minimum absolute atomic E-state index is 0.0357. The molecule has 1 atom stereocenters. The molecule has 0 aromatic heterocycles. The fraction of sp³-hybridized carbons (Fsp3) is 0.591. The molecule has 32 heavy (non-hydrogen) atoms. The Bertz CT molecular complexity index is 875. The molecule has 10 heteroatoms. The van der Waals surface area contributed by atoms with E-state index in [4.69, 9.17) is 9.84 Å². The molecule has 180 valence electrons. The standard InChI is InChI=1S/C22H34N2O7S/c1-5-6-14-24-32(29,30)18(21(28)31-22(2,3)4)15-16-9-11-17(12-10-16)20(27)23-13-7-8-19(25)26/h9-12,18,24H,5-8,13-15H2,1-4H3,(H,23,27)(H,25,26)/t18-/m0/s1. The average Bonchev–Trinajstić information content (AvgIpc) is 2.68. The summed E-state index contributed by atoms with van der Waals surface area (Å²) in [5.74, 6) is -2.12. The topological polar surface area (TPSA) is 139 Å². The van der Waals surface area contributed by atoms with Gasteiger partial charge in [0.2, 0.25) is 10.0 Å². The minimum atomic E-state index is -3.96. The van der Waals surface area contributed by atoms with E-state index in [2.05, 4.69) is 10.0 Å². The van der Waals surface area contributed by atoms with Crippen LogP contribution in [0.2, 0.25) is 0 Å². The largest absolute Gasteiger partial charge is 0.481 e. The number of rotatable bonds is 13. The smallest absolute Gasteiger partial charge is 0.326 e. The van der Waals surface area contributed by atoms with E-state index >= 15 is 0 Å². The van der Waals surface area contributed by atoms with Gasteiger partial charge in [0, 0.05) is 31.5 Å². The van der Waals surface area contributed by atoms with Crippen molar-refractivity contribution in [3.05, 3.63) is 35.4 Å². The van der Waals surface area contributed by atoms with E-state index in [0.29, 0.717) is 24.0 Å². The maximum absolute atomic E-state index is 12.8. The zero-order valence-corrected chi connectivity index (χ0v) is 20.0. The molecule has 0 aliphatic rings. The highest BCUT2D eigenvalue weighted by Gasteiger charge is 2.36. The van der Waals surface area contributed by atoms with Crippen molar-refractivity contribution < 1.29 is 32.6 Å². The highest BCUT2D eigenvalue weighted by Crippen LogP contribution is 2.17. The summed E-state index contributed by atoms with van der Waals surface area (Å²) in [7, 11) is -3.96. The van der Waals surface area contributed by atoms with E-state index < -0.39 is 32.8 Å². The van der Waals surface area contributed by atoms with Crippen LogP contribution >= 0.6 is 0 Å². The highest BCUT2D eigenvalue weighted by atomic mass is 32.2. The second kappa shape index (κ2) is 12.5. The van der Waals surface area contributed by atoms with Crippen LogP contribution in [0.15, 0.2) is 24.3 Å². The van der Waals surface area contributed by atoms with Gasteiger partial charge in [-0.3, -0.25) is 14.4 Å². The SMILES string of the molecule is CCCCNS(=O)(=O)[C@@H](Cc1ccc(C(=O)NCCCC(=O)O)cc1)C(=O)OC(C)(C)C. The van der Waals surface area contributed by atoms with Gasteiger partial charge in [-0.1, -0.05) is 25.5 Å². The van der Waals surface area contributed by atoms with E-state index in [0.717, 1.165) is 6.42 Å². The van der Waals surface area contributed by atoms with Crippen LogP contribution in [0.4, 0.5) is 0 Å². The molecule has 0 heterocycles. The van der Waals surface area contributed by atoms with Gasteiger partial charge in [0.15, 0.2) is 5.25 Å². The van der Waals surface area contributed by atoms with Crippen molar-refractivity contribution >= 4 is 27.9 Å². The van der Waals surface area contributed by atoms with E-state index in [1.165, 1.54) is 12.1 Å². The van der Waals surface area contributed by atoms with Gasteiger partial charge < -0.3 is 15.2 Å². The number of hydrogen-bond acceptors (Lipinski definition) is 6. The van der Waals surface area contributed by atoms with Crippen LogP contribution in [0.25, 0.3) is 0 Å². The zero-order valence-electron chi connectivity index (χ0n) is 19.1. The number of unbranched alkanes of at least 4 members (excludes halogenated alkanes) is 1. The number of amides is 1. The van der Waals surface area contributed by atoms with Crippen LogP contribution in [-0.2, 0) is 30.8 Å². The predicted molar refractivity (Wildman–Crippen MR) is 121 cm³/mol. The molecule has 0 spiro atoms. The second-order valence-electron chi connectivity index (χ2n) is 8.47. The van der Waals surface area contributed by atoms with E-state index in [9.17, 15) is 22.8 Å². The van der Waals surface area contributed by atoms with Gasteiger partial charge in [-0.15, -0.1) is 0 Å². The first-order valence-electron chi connectivity index (χ1n) is 10.7. The van der Waals surface area contributed by atoms with Crippen molar-refractivity contribution in [3.63, 3.8) is 0 Å². The normalized spacial score (nSPS) is 12.8. The molecule has 1 amide bonds. The monoisotopic (exact) mass is 470 g/mol. The van der Waals surface area contributed by atoms with Crippen molar-refractivity contribution in [1.29, 1.82) is 0 Å². The van der Waals surface area contributed by atoms with Gasteiger partial charge >= 0.3 is 11.9 Å². The Balaban J connectivity index is 2.91. The Kier molecular flexibility index (Phi) is 10.8. The lowest BCUT2D eigenvalue weighted by atomic mass is 10.1. The lowest BCUT2D eigenvalue weighted by Gasteiger charge is -2.24. The first kappa shape index (κ1) is 27.6. The summed E-state index contributed by atoms with van der Waals surface area (Å²) in [5.41, 5.74) is 0.0719. The predicted octanol–water partition coefficient (Wildman–Crippen LogP) is 2.25. The zero-order chi connectivity index (χ0) is 24.4. The van der Waals surface area contributed by atoms with Crippen molar-refractivity contribution in [2.45, 2.75) is 70.7 Å².